The van der Waals surface area contributed by atoms with Crippen LogP contribution in [0, 0.1) is 12.8 Å². The zero-order chi connectivity index (χ0) is 20.2. The van der Waals surface area contributed by atoms with Crippen molar-refractivity contribution in [2.75, 3.05) is 0 Å². The van der Waals surface area contributed by atoms with Crippen LogP contribution in [0.25, 0.3) is 0 Å². The predicted octanol–water partition coefficient (Wildman–Crippen LogP) is 2.45. The Labute approximate surface area is 160 Å². The summed E-state index contributed by atoms with van der Waals surface area (Å²) in [6.45, 7) is 5.26. The van der Waals surface area contributed by atoms with Gasteiger partial charge in [0.1, 0.15) is 6.04 Å². The van der Waals surface area contributed by atoms with Gasteiger partial charge in [0.25, 0.3) is 5.91 Å². The minimum atomic E-state index is -3.74. The largest absolute Gasteiger partial charge is 0.480 e. The lowest BCUT2D eigenvalue weighted by Gasteiger charge is -2.20. The van der Waals surface area contributed by atoms with E-state index in [1.54, 1.807) is 19.9 Å². The van der Waals surface area contributed by atoms with Gasteiger partial charge in [0.15, 0.2) is 0 Å². The molecule has 1 aliphatic rings. The van der Waals surface area contributed by atoms with Gasteiger partial charge in [-0.2, -0.15) is 0 Å². The smallest absolute Gasteiger partial charge is 0.326 e. The minimum absolute atomic E-state index is 0.0532. The molecule has 3 N–H and O–H groups in total. The Hall–Kier alpha value is -1.93. The Morgan fingerprint density at radius 3 is 2.44 bits per heavy atom. The number of nitrogens with one attached hydrogen (secondary N) is 2. The predicted molar refractivity (Wildman–Crippen MR) is 102 cm³/mol. The molecule has 1 fully saturated rings. The van der Waals surface area contributed by atoms with Crippen LogP contribution in [0.2, 0.25) is 0 Å². The summed E-state index contributed by atoms with van der Waals surface area (Å²) in [6.07, 6.45) is 4.22. The number of aliphatic carboxylic acids is 1. The normalized spacial score (nSPS) is 17.4. The lowest BCUT2D eigenvalue weighted by molar-refractivity contribution is -0.140. The van der Waals surface area contributed by atoms with Crippen molar-refractivity contribution in [3.05, 3.63) is 29.3 Å². The third-order valence-corrected chi connectivity index (χ3v) is 6.84. The van der Waals surface area contributed by atoms with Gasteiger partial charge in [-0.05, 0) is 43.4 Å². The van der Waals surface area contributed by atoms with Crippen LogP contribution in [0.4, 0.5) is 0 Å². The maximum Gasteiger partial charge on any atom is 0.326 e. The molecule has 1 saturated carbocycles. The molecule has 0 aromatic heterocycles. The standard InChI is InChI=1S/C19H28N2O5S/c1-4-12(2)17(19(23)24)20-18(22)14-10-9-13(3)16(11-14)27(25,26)21-15-7-5-6-8-15/h9-12,15,17,21H,4-8H2,1-3H3,(H,20,22)(H,23,24)/t12-,17-/m0/s1. The summed E-state index contributed by atoms with van der Waals surface area (Å²) < 4.78 is 28.2. The second kappa shape index (κ2) is 8.84. The maximum atomic E-state index is 12.7. The van der Waals surface area contributed by atoms with Crippen molar-refractivity contribution in [1.82, 2.24) is 10.0 Å². The summed E-state index contributed by atoms with van der Waals surface area (Å²) in [6, 6.07) is 3.29. The maximum absolute atomic E-state index is 12.7. The number of carboxylic acid groups (broad SMARTS) is 1. The third kappa shape index (κ3) is 5.29. The van der Waals surface area contributed by atoms with E-state index in [2.05, 4.69) is 10.0 Å². The molecule has 0 saturated heterocycles. The Bertz CT molecular complexity index is 800. The molecule has 1 aromatic carbocycles. The summed E-state index contributed by atoms with van der Waals surface area (Å²) in [5.41, 5.74) is 0.663. The minimum Gasteiger partial charge on any atom is -0.480 e. The topological polar surface area (TPSA) is 113 Å². The van der Waals surface area contributed by atoms with Crippen LogP contribution in [0.5, 0.6) is 0 Å². The summed E-state index contributed by atoms with van der Waals surface area (Å²) >= 11 is 0. The van der Waals surface area contributed by atoms with Crippen LogP contribution in [0.1, 0.15) is 61.9 Å². The number of carbonyl (C=O) groups is 2. The first-order valence-electron chi connectivity index (χ1n) is 9.32. The van der Waals surface area contributed by atoms with Gasteiger partial charge < -0.3 is 10.4 Å². The van der Waals surface area contributed by atoms with Crippen molar-refractivity contribution in [2.45, 2.75) is 69.9 Å². The van der Waals surface area contributed by atoms with E-state index >= 15 is 0 Å². The van der Waals surface area contributed by atoms with Gasteiger partial charge in [-0.3, -0.25) is 4.79 Å². The van der Waals surface area contributed by atoms with Gasteiger partial charge in [0, 0.05) is 11.6 Å². The van der Waals surface area contributed by atoms with E-state index < -0.39 is 27.9 Å². The van der Waals surface area contributed by atoms with Crippen molar-refractivity contribution < 1.29 is 23.1 Å². The number of rotatable bonds is 8. The highest BCUT2D eigenvalue weighted by molar-refractivity contribution is 7.89. The highest BCUT2D eigenvalue weighted by Gasteiger charge is 2.28. The highest BCUT2D eigenvalue weighted by Crippen LogP contribution is 2.23. The van der Waals surface area contributed by atoms with Gasteiger partial charge >= 0.3 is 5.97 Å². The molecule has 0 spiro atoms. The molecule has 1 aromatic rings. The van der Waals surface area contributed by atoms with Gasteiger partial charge in [-0.25, -0.2) is 17.9 Å². The molecule has 27 heavy (non-hydrogen) atoms. The average molecular weight is 397 g/mol. The lowest BCUT2D eigenvalue weighted by Crippen LogP contribution is -2.45. The number of hydrogen-bond acceptors (Lipinski definition) is 4. The number of hydrogen-bond donors (Lipinski definition) is 3. The van der Waals surface area contributed by atoms with Gasteiger partial charge in [0.2, 0.25) is 10.0 Å². The molecule has 0 bridgehead atoms. The SMILES string of the molecule is CC[C@H](C)[C@H](NC(=O)c1ccc(C)c(S(=O)(=O)NC2CCCC2)c1)C(=O)O. The monoisotopic (exact) mass is 396 g/mol. The van der Waals surface area contributed by atoms with E-state index in [0.717, 1.165) is 25.7 Å². The highest BCUT2D eigenvalue weighted by atomic mass is 32.2. The average Bonchev–Trinajstić information content (AvgIpc) is 3.10. The van der Waals surface area contributed by atoms with Crippen molar-refractivity contribution in [3.63, 3.8) is 0 Å². The van der Waals surface area contributed by atoms with E-state index in [9.17, 15) is 23.1 Å². The molecule has 150 valence electrons. The van der Waals surface area contributed by atoms with Crippen LogP contribution in [0.15, 0.2) is 23.1 Å². The Morgan fingerprint density at radius 2 is 1.89 bits per heavy atom. The first kappa shape index (κ1) is 21.4. The van der Waals surface area contributed by atoms with Crippen LogP contribution < -0.4 is 10.0 Å². The molecule has 0 unspecified atom stereocenters. The zero-order valence-electron chi connectivity index (χ0n) is 16.0. The van der Waals surface area contributed by atoms with E-state index in [0.29, 0.717) is 12.0 Å². The molecule has 0 heterocycles. The second-order valence-electron chi connectivity index (χ2n) is 7.26. The van der Waals surface area contributed by atoms with E-state index in [1.807, 2.05) is 6.92 Å². The first-order chi connectivity index (χ1) is 12.7. The molecule has 1 aliphatic carbocycles. The molecule has 0 aliphatic heterocycles. The second-order valence-corrected chi connectivity index (χ2v) is 8.94. The Balaban J connectivity index is 2.25. The van der Waals surface area contributed by atoms with Crippen LogP contribution >= 0.6 is 0 Å². The Kier molecular flexibility index (Phi) is 7.00. The Morgan fingerprint density at radius 1 is 1.26 bits per heavy atom. The molecule has 1 amide bonds. The summed E-state index contributed by atoms with van der Waals surface area (Å²) in [5, 5.41) is 11.8. The molecule has 7 nitrogen and oxygen atoms in total. The zero-order valence-corrected chi connectivity index (χ0v) is 16.8. The molecule has 0 radical (unpaired) electrons. The van der Waals surface area contributed by atoms with Crippen LogP contribution in [-0.4, -0.2) is 37.5 Å². The molecule has 8 heteroatoms. The lowest BCUT2D eigenvalue weighted by atomic mass is 9.99. The van der Waals surface area contributed by atoms with Crippen LogP contribution in [-0.2, 0) is 14.8 Å². The number of carboxylic acids is 1. The number of amides is 1. The van der Waals surface area contributed by atoms with Gasteiger partial charge in [0.05, 0.1) is 4.90 Å². The fourth-order valence-corrected chi connectivity index (χ4v) is 4.84. The number of aryl methyl sites for hydroxylation is 1. The van der Waals surface area contributed by atoms with Gasteiger partial charge in [-0.15, -0.1) is 0 Å². The van der Waals surface area contributed by atoms with Crippen LogP contribution in [0.3, 0.4) is 0 Å². The molecule has 2 atom stereocenters. The summed E-state index contributed by atoms with van der Waals surface area (Å²) in [5.74, 6) is -1.95. The first-order valence-corrected chi connectivity index (χ1v) is 10.8. The number of benzene rings is 1. The van der Waals surface area contributed by atoms with Crippen molar-refractivity contribution in [1.29, 1.82) is 0 Å². The molecular formula is C19H28N2O5S. The number of carbonyl (C=O) groups excluding carboxylic acids is 1. The fourth-order valence-electron chi connectivity index (χ4n) is 3.27. The van der Waals surface area contributed by atoms with Gasteiger partial charge in [-0.1, -0.05) is 39.2 Å². The van der Waals surface area contributed by atoms with Crippen molar-refractivity contribution >= 4 is 21.9 Å². The quantitative estimate of drug-likeness (QED) is 0.625. The third-order valence-electron chi connectivity index (χ3n) is 5.18. The van der Waals surface area contributed by atoms with Crippen molar-refractivity contribution in [3.8, 4) is 0 Å². The molecular weight excluding hydrogens is 368 g/mol. The summed E-state index contributed by atoms with van der Waals surface area (Å²) in [4.78, 5) is 24.0. The molecule has 2 rings (SSSR count). The van der Waals surface area contributed by atoms with E-state index in [-0.39, 0.29) is 22.4 Å². The summed E-state index contributed by atoms with van der Waals surface area (Å²) in [7, 11) is -3.74. The van der Waals surface area contributed by atoms with Crippen molar-refractivity contribution in [2.24, 2.45) is 5.92 Å². The fraction of sp³-hybridized carbons (Fsp3) is 0.579. The number of sulfonamides is 1. The van der Waals surface area contributed by atoms with E-state index in [1.165, 1.54) is 12.1 Å². The van der Waals surface area contributed by atoms with E-state index in [4.69, 9.17) is 0 Å².